The van der Waals surface area contributed by atoms with Gasteiger partial charge in [0.1, 0.15) is 0 Å². The smallest absolute Gasteiger partial charge is 0.0758 e. The molecular formula is C18H30O2. The third-order valence-electron chi connectivity index (χ3n) is 2.88. The highest BCUT2D eigenvalue weighted by Gasteiger charge is 1.96. The highest BCUT2D eigenvalue weighted by Crippen LogP contribution is 2.04. The van der Waals surface area contributed by atoms with Gasteiger partial charge in [-0.15, -0.1) is 0 Å². The molecule has 0 spiro atoms. The van der Waals surface area contributed by atoms with Gasteiger partial charge in [-0.2, -0.15) is 0 Å². The topological polar surface area (TPSA) is 40.5 Å². The molecule has 0 rings (SSSR count). The van der Waals surface area contributed by atoms with E-state index in [9.17, 15) is 10.2 Å². The van der Waals surface area contributed by atoms with E-state index in [2.05, 4.69) is 19.9 Å². The van der Waals surface area contributed by atoms with Gasteiger partial charge >= 0.3 is 0 Å². The molecule has 0 amide bonds. The van der Waals surface area contributed by atoms with Gasteiger partial charge in [-0.1, -0.05) is 81.7 Å². The van der Waals surface area contributed by atoms with Crippen molar-refractivity contribution < 1.29 is 10.2 Å². The number of allylic oxidation sites excluding steroid dienone is 5. The minimum Gasteiger partial charge on any atom is -0.389 e. The third kappa shape index (κ3) is 13.3. The molecule has 0 radical (unpaired) electrons. The zero-order valence-electron chi connectivity index (χ0n) is 12.9. The van der Waals surface area contributed by atoms with Crippen LogP contribution in [-0.4, -0.2) is 22.4 Å². The maximum absolute atomic E-state index is 9.65. The summed E-state index contributed by atoms with van der Waals surface area (Å²) in [6.07, 6.45) is 20.2. The fraction of sp³-hybridized carbons (Fsp3) is 0.556. The van der Waals surface area contributed by atoms with Crippen LogP contribution in [0.4, 0.5) is 0 Å². The summed E-state index contributed by atoms with van der Waals surface area (Å²) in [6.45, 7) is 4.23. The van der Waals surface area contributed by atoms with E-state index in [4.69, 9.17) is 0 Å². The average Bonchev–Trinajstić information content (AvgIpc) is 2.43. The van der Waals surface area contributed by atoms with Crippen LogP contribution < -0.4 is 0 Å². The molecule has 0 aromatic heterocycles. The second-order valence-electron chi connectivity index (χ2n) is 4.90. The molecule has 114 valence electrons. The van der Waals surface area contributed by atoms with E-state index in [1.54, 1.807) is 12.2 Å². The number of hydrogen-bond donors (Lipinski definition) is 2. The van der Waals surface area contributed by atoms with Gasteiger partial charge in [0.2, 0.25) is 0 Å². The molecule has 0 fully saturated rings. The molecular weight excluding hydrogens is 248 g/mol. The summed E-state index contributed by atoms with van der Waals surface area (Å²) in [5.41, 5.74) is 0. The van der Waals surface area contributed by atoms with Crippen LogP contribution in [-0.2, 0) is 0 Å². The summed E-state index contributed by atoms with van der Waals surface area (Å²) in [5.74, 6) is 0. The Labute approximate surface area is 124 Å². The maximum Gasteiger partial charge on any atom is 0.0758 e. The molecule has 0 aliphatic heterocycles. The van der Waals surface area contributed by atoms with E-state index in [1.165, 1.54) is 12.8 Å². The minimum atomic E-state index is -0.425. The van der Waals surface area contributed by atoms with Crippen LogP contribution in [0.1, 0.15) is 52.4 Å². The van der Waals surface area contributed by atoms with Gasteiger partial charge in [0.15, 0.2) is 0 Å². The van der Waals surface area contributed by atoms with E-state index in [0.717, 1.165) is 19.3 Å². The molecule has 2 nitrogen and oxygen atoms in total. The summed E-state index contributed by atoms with van der Waals surface area (Å²) < 4.78 is 0. The Morgan fingerprint density at radius 2 is 1.45 bits per heavy atom. The van der Waals surface area contributed by atoms with Crippen LogP contribution in [0.3, 0.4) is 0 Å². The van der Waals surface area contributed by atoms with Gasteiger partial charge in [-0.3, -0.25) is 0 Å². The van der Waals surface area contributed by atoms with E-state index in [0.29, 0.717) is 6.42 Å². The molecule has 0 aliphatic rings. The summed E-state index contributed by atoms with van der Waals surface area (Å²) in [5, 5.41) is 19.3. The fourth-order valence-electron chi connectivity index (χ4n) is 1.69. The first-order valence-electron chi connectivity index (χ1n) is 7.73. The van der Waals surface area contributed by atoms with Gasteiger partial charge in [-0.25, -0.2) is 0 Å². The number of aliphatic hydroxyl groups is 2. The molecule has 20 heavy (non-hydrogen) atoms. The molecule has 2 unspecified atom stereocenters. The molecule has 0 aromatic carbocycles. The molecule has 0 saturated carbocycles. The first-order valence-corrected chi connectivity index (χ1v) is 7.73. The predicted octanol–water partition coefficient (Wildman–Crippen LogP) is 4.31. The molecule has 2 heteroatoms. The lowest BCUT2D eigenvalue weighted by Crippen LogP contribution is -2.00. The molecule has 0 aliphatic carbocycles. The third-order valence-corrected chi connectivity index (χ3v) is 2.88. The Hall–Kier alpha value is -1.12. The Bertz CT molecular complexity index is 313. The van der Waals surface area contributed by atoms with Crippen molar-refractivity contribution in [3.05, 3.63) is 48.6 Å². The SMILES string of the molecule is CC/C=C\CC(O)/C=C/C=C\C=C/C(O)CCCCC. The van der Waals surface area contributed by atoms with Crippen molar-refractivity contribution in [3.63, 3.8) is 0 Å². The van der Waals surface area contributed by atoms with Crippen LogP contribution in [0.15, 0.2) is 48.6 Å². The van der Waals surface area contributed by atoms with Gasteiger partial charge in [-0.05, 0) is 19.3 Å². The Morgan fingerprint density at radius 1 is 0.800 bits per heavy atom. The highest BCUT2D eigenvalue weighted by molar-refractivity contribution is 5.13. The number of unbranched alkanes of at least 4 members (excludes halogenated alkanes) is 2. The van der Waals surface area contributed by atoms with Crippen molar-refractivity contribution in [1.82, 2.24) is 0 Å². The van der Waals surface area contributed by atoms with E-state index in [-0.39, 0.29) is 6.10 Å². The van der Waals surface area contributed by atoms with Gasteiger partial charge < -0.3 is 10.2 Å². The van der Waals surface area contributed by atoms with E-state index < -0.39 is 6.10 Å². The second kappa shape index (κ2) is 14.3. The van der Waals surface area contributed by atoms with Crippen LogP contribution in [0.5, 0.6) is 0 Å². The first kappa shape index (κ1) is 18.9. The Morgan fingerprint density at radius 3 is 2.05 bits per heavy atom. The van der Waals surface area contributed by atoms with E-state index >= 15 is 0 Å². The quantitative estimate of drug-likeness (QED) is 0.336. The lowest BCUT2D eigenvalue weighted by molar-refractivity contribution is 0.208. The monoisotopic (exact) mass is 278 g/mol. The summed E-state index contributed by atoms with van der Waals surface area (Å²) in [6, 6.07) is 0. The van der Waals surface area contributed by atoms with Crippen LogP contribution >= 0.6 is 0 Å². The molecule has 0 heterocycles. The molecule has 2 atom stereocenters. The number of aliphatic hydroxyl groups excluding tert-OH is 2. The Balaban J connectivity index is 3.80. The standard InChI is InChI=1S/C18H30O2/c1-3-5-9-13-17(19)15-11-7-8-12-16-18(20)14-10-6-4-2/h5,7-9,11-12,15-20H,3-4,6,10,13-14H2,1-2H3/b8-7-,9-5-,15-11+,16-12-. The summed E-state index contributed by atoms with van der Waals surface area (Å²) in [7, 11) is 0. The second-order valence-corrected chi connectivity index (χ2v) is 4.90. The fourth-order valence-corrected chi connectivity index (χ4v) is 1.69. The van der Waals surface area contributed by atoms with Crippen LogP contribution in [0, 0.1) is 0 Å². The van der Waals surface area contributed by atoms with Crippen molar-refractivity contribution >= 4 is 0 Å². The first-order chi connectivity index (χ1) is 9.70. The van der Waals surface area contributed by atoms with Gasteiger partial charge in [0.25, 0.3) is 0 Å². The van der Waals surface area contributed by atoms with E-state index in [1.807, 2.05) is 30.4 Å². The van der Waals surface area contributed by atoms with Crippen molar-refractivity contribution in [2.75, 3.05) is 0 Å². The van der Waals surface area contributed by atoms with Crippen molar-refractivity contribution in [1.29, 1.82) is 0 Å². The maximum atomic E-state index is 9.65. The summed E-state index contributed by atoms with van der Waals surface area (Å²) in [4.78, 5) is 0. The normalized spacial score (nSPS) is 16.0. The zero-order chi connectivity index (χ0) is 15.1. The largest absolute Gasteiger partial charge is 0.389 e. The van der Waals surface area contributed by atoms with Crippen LogP contribution in [0.2, 0.25) is 0 Å². The molecule has 2 N–H and O–H groups in total. The Kier molecular flexibility index (Phi) is 13.5. The average molecular weight is 278 g/mol. The lowest BCUT2D eigenvalue weighted by Gasteiger charge is -2.02. The zero-order valence-corrected chi connectivity index (χ0v) is 12.9. The van der Waals surface area contributed by atoms with Crippen molar-refractivity contribution in [2.24, 2.45) is 0 Å². The minimum absolute atomic E-state index is 0.347. The van der Waals surface area contributed by atoms with Gasteiger partial charge in [0, 0.05) is 0 Å². The predicted molar refractivity (Wildman–Crippen MR) is 87.6 cm³/mol. The van der Waals surface area contributed by atoms with Crippen molar-refractivity contribution in [3.8, 4) is 0 Å². The van der Waals surface area contributed by atoms with Crippen molar-refractivity contribution in [2.45, 2.75) is 64.6 Å². The highest BCUT2D eigenvalue weighted by atomic mass is 16.3. The number of rotatable bonds is 11. The lowest BCUT2D eigenvalue weighted by atomic mass is 10.1. The molecule has 0 aromatic rings. The molecule has 0 saturated heterocycles. The summed E-state index contributed by atoms with van der Waals surface area (Å²) >= 11 is 0. The number of hydrogen-bond acceptors (Lipinski definition) is 2. The van der Waals surface area contributed by atoms with Crippen LogP contribution in [0.25, 0.3) is 0 Å². The van der Waals surface area contributed by atoms with Gasteiger partial charge in [0.05, 0.1) is 12.2 Å². The molecule has 0 bridgehead atoms.